The van der Waals surface area contributed by atoms with E-state index >= 15 is 0 Å². The number of nitrogens with one attached hydrogen (secondary N) is 1. The highest BCUT2D eigenvalue weighted by atomic mass is 16.5. The highest BCUT2D eigenvalue weighted by Gasteiger charge is 2.14. The number of hydrogen-bond acceptors (Lipinski definition) is 5. The number of rotatable bonds is 8. The van der Waals surface area contributed by atoms with Gasteiger partial charge in [-0.25, -0.2) is 0 Å². The Kier molecular flexibility index (Phi) is 6.89. The fourth-order valence-electron chi connectivity index (χ4n) is 2.33. The number of benzene rings is 1. The van der Waals surface area contributed by atoms with Gasteiger partial charge in [0, 0.05) is 38.0 Å². The fourth-order valence-corrected chi connectivity index (χ4v) is 2.33. The summed E-state index contributed by atoms with van der Waals surface area (Å²) in [6.07, 6.45) is 1.65. The maximum absolute atomic E-state index is 12.2. The van der Waals surface area contributed by atoms with Crippen LogP contribution in [0, 0.1) is 6.92 Å². The van der Waals surface area contributed by atoms with Crippen LogP contribution in [-0.2, 0) is 17.8 Å². The first-order chi connectivity index (χ1) is 12.4. The topological polar surface area (TPSA) is 88.3 Å². The lowest BCUT2D eigenvalue weighted by Crippen LogP contribution is -2.32. The summed E-state index contributed by atoms with van der Waals surface area (Å²) in [6, 6.07) is 7.46. The van der Waals surface area contributed by atoms with E-state index < -0.39 is 0 Å². The molecule has 7 nitrogen and oxygen atoms in total. The van der Waals surface area contributed by atoms with E-state index in [4.69, 9.17) is 4.52 Å². The minimum absolute atomic E-state index is 0.00755. The Morgan fingerprint density at radius 3 is 2.50 bits per heavy atom. The van der Waals surface area contributed by atoms with Gasteiger partial charge in [-0.15, -0.1) is 0 Å². The van der Waals surface area contributed by atoms with Crippen molar-refractivity contribution >= 4 is 11.8 Å². The van der Waals surface area contributed by atoms with Crippen LogP contribution in [0.25, 0.3) is 0 Å². The molecule has 0 saturated heterocycles. The van der Waals surface area contributed by atoms with Gasteiger partial charge in [0.1, 0.15) is 0 Å². The van der Waals surface area contributed by atoms with Crippen molar-refractivity contribution in [3.05, 3.63) is 47.1 Å². The number of hydrogen-bond donors (Lipinski definition) is 1. The Labute approximate surface area is 153 Å². The number of carbonyl (C=O) groups is 2. The van der Waals surface area contributed by atoms with E-state index in [0.29, 0.717) is 43.1 Å². The van der Waals surface area contributed by atoms with Gasteiger partial charge in [0.25, 0.3) is 5.91 Å². The van der Waals surface area contributed by atoms with E-state index in [1.165, 1.54) is 0 Å². The molecular formula is C19H26N4O3. The van der Waals surface area contributed by atoms with Crippen LogP contribution in [0.1, 0.15) is 54.3 Å². The Morgan fingerprint density at radius 2 is 1.92 bits per heavy atom. The molecule has 0 atom stereocenters. The summed E-state index contributed by atoms with van der Waals surface area (Å²) in [6.45, 7) is 6.15. The van der Waals surface area contributed by atoms with Crippen molar-refractivity contribution in [2.75, 3.05) is 7.05 Å². The monoisotopic (exact) mass is 358 g/mol. The summed E-state index contributed by atoms with van der Waals surface area (Å²) in [5.41, 5.74) is 1.60. The lowest BCUT2D eigenvalue weighted by molar-refractivity contribution is -0.121. The molecule has 26 heavy (non-hydrogen) atoms. The van der Waals surface area contributed by atoms with Gasteiger partial charge >= 0.3 is 0 Å². The minimum atomic E-state index is -0.0269. The predicted octanol–water partition coefficient (Wildman–Crippen LogP) is 2.50. The molecule has 0 aliphatic heterocycles. The van der Waals surface area contributed by atoms with Crippen molar-refractivity contribution in [1.82, 2.24) is 20.4 Å². The van der Waals surface area contributed by atoms with Crippen molar-refractivity contribution in [1.29, 1.82) is 0 Å². The van der Waals surface area contributed by atoms with Crippen LogP contribution >= 0.6 is 0 Å². The number of carbonyl (C=O) groups excluding carboxylic acids is 2. The van der Waals surface area contributed by atoms with Gasteiger partial charge < -0.3 is 14.7 Å². The second-order valence-corrected chi connectivity index (χ2v) is 6.57. The second-order valence-electron chi connectivity index (χ2n) is 6.57. The summed E-state index contributed by atoms with van der Waals surface area (Å²) >= 11 is 0. The first-order valence-corrected chi connectivity index (χ1v) is 8.79. The second kappa shape index (κ2) is 9.12. The van der Waals surface area contributed by atoms with E-state index in [-0.39, 0.29) is 17.9 Å². The SMILES string of the molecule is Cc1noc(CCCC(=O)NCc2ccc(C(=O)N(C)C(C)C)cc2)n1. The average Bonchev–Trinajstić information content (AvgIpc) is 3.04. The summed E-state index contributed by atoms with van der Waals surface area (Å²) in [5, 5.41) is 6.60. The molecule has 1 aromatic heterocycles. The fraction of sp³-hybridized carbons (Fsp3) is 0.474. The molecule has 0 saturated carbocycles. The van der Waals surface area contributed by atoms with Crippen molar-refractivity contribution < 1.29 is 14.1 Å². The Bertz CT molecular complexity index is 737. The van der Waals surface area contributed by atoms with Crippen molar-refractivity contribution in [2.24, 2.45) is 0 Å². The molecule has 1 heterocycles. The van der Waals surface area contributed by atoms with Gasteiger partial charge in [-0.2, -0.15) is 4.98 Å². The molecule has 140 valence electrons. The smallest absolute Gasteiger partial charge is 0.253 e. The lowest BCUT2D eigenvalue weighted by Gasteiger charge is -2.21. The van der Waals surface area contributed by atoms with E-state index in [1.54, 1.807) is 31.0 Å². The Hall–Kier alpha value is -2.70. The normalized spacial score (nSPS) is 10.8. The van der Waals surface area contributed by atoms with Gasteiger partial charge in [0.05, 0.1) is 0 Å². The third-order valence-corrected chi connectivity index (χ3v) is 4.15. The summed E-state index contributed by atoms with van der Waals surface area (Å²) in [5.74, 6) is 1.13. The molecule has 0 spiro atoms. The summed E-state index contributed by atoms with van der Waals surface area (Å²) < 4.78 is 5.01. The van der Waals surface area contributed by atoms with Gasteiger partial charge in [0.15, 0.2) is 5.82 Å². The highest BCUT2D eigenvalue weighted by molar-refractivity contribution is 5.94. The van der Waals surface area contributed by atoms with Crippen LogP contribution in [-0.4, -0.2) is 39.9 Å². The molecular weight excluding hydrogens is 332 g/mol. The molecule has 0 unspecified atom stereocenters. The zero-order chi connectivity index (χ0) is 19.1. The predicted molar refractivity (Wildman–Crippen MR) is 97.5 cm³/mol. The minimum Gasteiger partial charge on any atom is -0.352 e. The quantitative estimate of drug-likeness (QED) is 0.783. The van der Waals surface area contributed by atoms with Gasteiger partial charge in [-0.05, 0) is 44.9 Å². The van der Waals surface area contributed by atoms with E-state index in [0.717, 1.165) is 5.56 Å². The first kappa shape index (κ1) is 19.6. The first-order valence-electron chi connectivity index (χ1n) is 8.79. The molecule has 1 N–H and O–H groups in total. The Balaban J connectivity index is 1.74. The van der Waals surface area contributed by atoms with Crippen LogP contribution in [0.2, 0.25) is 0 Å². The highest BCUT2D eigenvalue weighted by Crippen LogP contribution is 2.09. The van der Waals surface area contributed by atoms with Crippen molar-refractivity contribution in [3.8, 4) is 0 Å². The number of amides is 2. The molecule has 2 amide bonds. The third-order valence-electron chi connectivity index (χ3n) is 4.15. The molecule has 0 radical (unpaired) electrons. The average molecular weight is 358 g/mol. The molecule has 0 aliphatic carbocycles. The van der Waals surface area contributed by atoms with E-state index in [1.807, 2.05) is 26.0 Å². The maximum Gasteiger partial charge on any atom is 0.253 e. The largest absolute Gasteiger partial charge is 0.352 e. The Morgan fingerprint density at radius 1 is 1.23 bits per heavy atom. The molecule has 0 aliphatic rings. The van der Waals surface area contributed by atoms with Gasteiger partial charge in [-0.1, -0.05) is 17.3 Å². The van der Waals surface area contributed by atoms with Crippen molar-refractivity contribution in [2.45, 2.75) is 52.6 Å². The van der Waals surface area contributed by atoms with E-state index in [9.17, 15) is 9.59 Å². The zero-order valence-corrected chi connectivity index (χ0v) is 15.8. The molecule has 2 aromatic rings. The van der Waals surface area contributed by atoms with Crippen LogP contribution in [0.5, 0.6) is 0 Å². The standard InChI is InChI=1S/C19H26N4O3/c1-13(2)23(4)19(25)16-10-8-15(9-11-16)12-20-17(24)6-5-7-18-21-14(3)22-26-18/h8-11,13H,5-7,12H2,1-4H3,(H,20,24). The molecule has 7 heteroatoms. The molecule has 1 aromatic carbocycles. The van der Waals surface area contributed by atoms with E-state index in [2.05, 4.69) is 15.5 Å². The number of aromatic nitrogens is 2. The lowest BCUT2D eigenvalue weighted by atomic mass is 10.1. The van der Waals surface area contributed by atoms with Gasteiger partial charge in [-0.3, -0.25) is 9.59 Å². The number of aryl methyl sites for hydroxylation is 2. The van der Waals surface area contributed by atoms with Crippen LogP contribution in [0.15, 0.2) is 28.8 Å². The summed E-state index contributed by atoms with van der Waals surface area (Å²) in [7, 11) is 1.79. The third kappa shape index (κ3) is 5.68. The zero-order valence-electron chi connectivity index (χ0n) is 15.8. The van der Waals surface area contributed by atoms with Gasteiger partial charge in [0.2, 0.25) is 11.8 Å². The summed E-state index contributed by atoms with van der Waals surface area (Å²) in [4.78, 5) is 30.0. The molecule has 2 rings (SSSR count). The number of nitrogens with zero attached hydrogens (tertiary/aromatic N) is 3. The maximum atomic E-state index is 12.2. The van der Waals surface area contributed by atoms with Crippen molar-refractivity contribution in [3.63, 3.8) is 0 Å². The molecule has 0 bridgehead atoms. The van der Waals surface area contributed by atoms with Crippen LogP contribution in [0.4, 0.5) is 0 Å². The van der Waals surface area contributed by atoms with Crippen LogP contribution < -0.4 is 5.32 Å². The van der Waals surface area contributed by atoms with Crippen LogP contribution in [0.3, 0.4) is 0 Å². The molecule has 0 fully saturated rings.